The molecule has 0 saturated heterocycles. The summed E-state index contributed by atoms with van der Waals surface area (Å²) in [6, 6.07) is 7.43. The van der Waals surface area contributed by atoms with Gasteiger partial charge in [0.15, 0.2) is 17.4 Å². The minimum Gasteiger partial charge on any atom is -0.464 e. The summed E-state index contributed by atoms with van der Waals surface area (Å²) in [6.45, 7) is 9.54. The molecule has 1 unspecified atom stereocenters. The van der Waals surface area contributed by atoms with Crippen molar-refractivity contribution in [3.05, 3.63) is 82.4 Å². The predicted octanol–water partition coefficient (Wildman–Crippen LogP) is 9.49. The molecular formula is C37H41F5N5O7P. The third-order valence-electron chi connectivity index (χ3n) is 8.21. The fraction of sp³-hybridized carbons (Fsp3) is 0.459. The van der Waals surface area contributed by atoms with Crippen LogP contribution in [-0.2, 0) is 40.4 Å². The Balaban J connectivity index is 1.24. The zero-order chi connectivity index (χ0) is 39.9. The number of carbonyl (C=O) groups is 1. The topological polar surface area (TPSA) is 141 Å². The van der Waals surface area contributed by atoms with E-state index in [4.69, 9.17) is 22.8 Å². The van der Waals surface area contributed by atoms with Gasteiger partial charge in [-0.25, -0.2) is 23.1 Å². The minimum atomic E-state index is -4.70. The Labute approximate surface area is 314 Å². The maximum Gasteiger partial charge on any atom is 0.475 e. The number of rotatable bonds is 13. The number of carbonyl (C=O) groups excluding carboxylic acids is 1. The summed E-state index contributed by atoms with van der Waals surface area (Å²) < 4.78 is 113. The Morgan fingerprint density at radius 1 is 1.00 bits per heavy atom. The highest BCUT2D eigenvalue weighted by Crippen LogP contribution is 2.55. The normalized spacial score (nSPS) is 15.7. The number of phosphoric acid groups is 1. The minimum absolute atomic E-state index is 0.00821. The number of hydrogen-bond donors (Lipinski definition) is 1. The highest BCUT2D eigenvalue weighted by molar-refractivity contribution is 7.48. The van der Waals surface area contributed by atoms with Crippen molar-refractivity contribution in [3.63, 3.8) is 0 Å². The summed E-state index contributed by atoms with van der Waals surface area (Å²) in [7, 11) is -4.05. The summed E-state index contributed by atoms with van der Waals surface area (Å²) in [4.78, 5) is 21.1. The second-order valence-electron chi connectivity index (χ2n) is 15.2. The number of esters is 1. The molecule has 4 aromatic rings. The van der Waals surface area contributed by atoms with E-state index in [0.29, 0.717) is 11.3 Å². The maximum absolute atomic E-state index is 14.6. The first kappa shape index (κ1) is 40.2. The molecule has 296 valence electrons. The van der Waals surface area contributed by atoms with Crippen molar-refractivity contribution in [2.75, 3.05) is 13.2 Å². The molecule has 2 aromatic carbocycles. The number of aromatic amines is 1. The average Bonchev–Trinajstić information content (AvgIpc) is 3.66. The molecule has 2 aromatic heterocycles. The Morgan fingerprint density at radius 3 is 2.36 bits per heavy atom. The number of phosphoric ester groups is 1. The van der Waals surface area contributed by atoms with Crippen LogP contribution in [0.15, 0.2) is 52.1 Å². The van der Waals surface area contributed by atoms with E-state index in [1.54, 1.807) is 47.6 Å². The molecule has 3 heterocycles. The molecule has 0 radical (unpaired) electrons. The van der Waals surface area contributed by atoms with E-state index < -0.39 is 54.4 Å². The van der Waals surface area contributed by atoms with Gasteiger partial charge in [0.1, 0.15) is 17.2 Å². The fourth-order valence-corrected chi connectivity index (χ4v) is 7.64. The van der Waals surface area contributed by atoms with Crippen LogP contribution >= 0.6 is 7.82 Å². The summed E-state index contributed by atoms with van der Waals surface area (Å²) in [5, 5.41) is 9.48. The van der Waals surface area contributed by atoms with Crippen molar-refractivity contribution >= 4 is 20.0 Å². The van der Waals surface area contributed by atoms with Crippen molar-refractivity contribution in [2.24, 2.45) is 5.10 Å². The van der Waals surface area contributed by atoms with Gasteiger partial charge in [0.2, 0.25) is 6.04 Å². The lowest BCUT2D eigenvalue weighted by Gasteiger charge is -2.30. The van der Waals surface area contributed by atoms with Crippen molar-refractivity contribution in [1.29, 1.82) is 0 Å². The van der Waals surface area contributed by atoms with Crippen LogP contribution in [0.25, 0.3) is 22.6 Å². The molecule has 1 atom stereocenters. The zero-order valence-electron chi connectivity index (χ0n) is 31.0. The first-order valence-electron chi connectivity index (χ1n) is 17.5. The third kappa shape index (κ3) is 9.87. The average molecular weight is 794 g/mol. The zero-order valence-corrected chi connectivity index (χ0v) is 31.9. The number of halogens is 5. The number of benzene rings is 2. The van der Waals surface area contributed by atoms with Gasteiger partial charge in [-0.3, -0.25) is 18.6 Å². The van der Waals surface area contributed by atoms with Crippen molar-refractivity contribution in [1.82, 2.24) is 20.1 Å². The van der Waals surface area contributed by atoms with E-state index in [-0.39, 0.29) is 66.2 Å². The Hall–Kier alpha value is -4.44. The lowest BCUT2D eigenvalue weighted by atomic mass is 9.98. The largest absolute Gasteiger partial charge is 0.475 e. The standard InChI is InChI=1S/C37H41F5N5O7P/c1-35(2,3)53-55(49,54-36(4,5)6)51-16-8-15-50-34(48)32(47-20-29-28(19-43-47)44-33(45-29)24-9-7-10-26(38)31(24)39)30-18-27(46-52-30)23-14-13-22(21-11-12-21)17-25(23)37(40,41)42/h7,9-10,13-14,17-19,21,32H,8,11-12,15-16,20H2,1-6H3,(H,44,45). The number of fused-ring (bicyclic) bond motifs is 1. The van der Waals surface area contributed by atoms with E-state index >= 15 is 0 Å². The Bertz CT molecular complexity index is 2100. The summed E-state index contributed by atoms with van der Waals surface area (Å²) in [5.41, 5.74) is -1.96. The van der Waals surface area contributed by atoms with Crippen LogP contribution in [0.4, 0.5) is 22.0 Å². The van der Waals surface area contributed by atoms with Crippen molar-refractivity contribution in [2.45, 2.75) is 96.7 Å². The van der Waals surface area contributed by atoms with Gasteiger partial charge in [-0.2, -0.15) is 18.3 Å². The molecule has 6 rings (SSSR count). The van der Waals surface area contributed by atoms with Crippen LogP contribution in [-0.4, -0.2) is 56.7 Å². The number of nitrogens with one attached hydrogen (secondary N) is 1. The molecule has 0 amide bonds. The second kappa shape index (κ2) is 15.2. The molecule has 1 fully saturated rings. The number of H-pyrrole nitrogens is 1. The number of hydrogen-bond acceptors (Lipinski definition) is 11. The third-order valence-corrected chi connectivity index (χ3v) is 10.3. The summed E-state index contributed by atoms with van der Waals surface area (Å²) >= 11 is 0. The van der Waals surface area contributed by atoms with Crippen LogP contribution in [0, 0.1) is 11.6 Å². The van der Waals surface area contributed by atoms with Crippen molar-refractivity contribution in [3.8, 4) is 22.6 Å². The lowest BCUT2D eigenvalue weighted by molar-refractivity contribution is -0.152. The first-order chi connectivity index (χ1) is 25.7. The Kier molecular flexibility index (Phi) is 11.1. The maximum atomic E-state index is 14.6. The van der Waals surface area contributed by atoms with Crippen LogP contribution in [0.2, 0.25) is 0 Å². The molecule has 12 nitrogen and oxygen atoms in total. The molecule has 18 heteroatoms. The van der Waals surface area contributed by atoms with E-state index in [0.717, 1.165) is 25.0 Å². The van der Waals surface area contributed by atoms with Crippen molar-refractivity contribution < 1.29 is 54.1 Å². The smallest absolute Gasteiger partial charge is 0.464 e. The van der Waals surface area contributed by atoms with E-state index in [2.05, 4.69) is 20.2 Å². The van der Waals surface area contributed by atoms with Gasteiger partial charge >= 0.3 is 20.0 Å². The molecule has 1 saturated carbocycles. The van der Waals surface area contributed by atoms with Gasteiger partial charge in [-0.1, -0.05) is 23.4 Å². The number of aromatic nitrogens is 3. The molecule has 1 aliphatic carbocycles. The molecule has 0 spiro atoms. The van der Waals surface area contributed by atoms with Gasteiger partial charge in [-0.05, 0) is 84.1 Å². The molecular weight excluding hydrogens is 752 g/mol. The predicted molar refractivity (Wildman–Crippen MR) is 190 cm³/mol. The van der Waals surface area contributed by atoms with Crippen LogP contribution in [0.1, 0.15) is 101 Å². The number of imidazole rings is 1. The second-order valence-corrected chi connectivity index (χ2v) is 16.7. The lowest BCUT2D eigenvalue weighted by Crippen LogP contribution is -2.33. The number of nitrogens with zero attached hydrogens (tertiary/aromatic N) is 4. The van der Waals surface area contributed by atoms with E-state index in [1.165, 1.54) is 35.5 Å². The fourth-order valence-electron chi connectivity index (χ4n) is 5.80. The van der Waals surface area contributed by atoms with Crippen LogP contribution < -0.4 is 0 Å². The summed E-state index contributed by atoms with van der Waals surface area (Å²) in [6.07, 6.45) is -1.76. The van der Waals surface area contributed by atoms with Gasteiger partial charge in [0.05, 0.1) is 54.0 Å². The molecule has 0 bridgehead atoms. The van der Waals surface area contributed by atoms with Gasteiger partial charge < -0.3 is 14.2 Å². The highest BCUT2D eigenvalue weighted by Gasteiger charge is 2.40. The molecule has 2 aliphatic rings. The van der Waals surface area contributed by atoms with Gasteiger partial charge in [-0.15, -0.1) is 0 Å². The quantitative estimate of drug-likeness (QED) is 0.0602. The molecule has 1 aliphatic heterocycles. The number of ether oxygens (including phenoxy) is 1. The monoisotopic (exact) mass is 793 g/mol. The summed E-state index contributed by atoms with van der Waals surface area (Å²) in [5.74, 6) is -3.21. The van der Waals surface area contributed by atoms with Gasteiger partial charge in [0, 0.05) is 18.1 Å². The van der Waals surface area contributed by atoms with E-state index in [9.17, 15) is 31.3 Å². The van der Waals surface area contributed by atoms with E-state index in [1.807, 2.05) is 0 Å². The van der Waals surface area contributed by atoms with Crippen LogP contribution in [0.5, 0.6) is 0 Å². The number of hydrazone groups is 1. The molecule has 55 heavy (non-hydrogen) atoms. The number of alkyl halides is 3. The Morgan fingerprint density at radius 2 is 1.71 bits per heavy atom. The first-order valence-corrected chi connectivity index (χ1v) is 19.0. The SMILES string of the molecule is CC(C)(C)OP(=O)(OCCCOC(=O)C(c1cc(-c2ccc(C3CC3)cc2C(F)(F)F)no1)N1Cc2[nH]c(-c3cccc(F)c3F)nc2C=N1)OC(C)(C)C. The molecule has 1 N–H and O–H groups in total. The highest BCUT2D eigenvalue weighted by atomic mass is 31.2. The van der Waals surface area contributed by atoms with Crippen LogP contribution in [0.3, 0.4) is 0 Å². The van der Waals surface area contributed by atoms with Gasteiger partial charge in [0.25, 0.3) is 0 Å².